The van der Waals surface area contributed by atoms with Gasteiger partial charge in [0, 0.05) is 0 Å². The van der Waals surface area contributed by atoms with Crippen LogP contribution in [0.25, 0.3) is 6.08 Å². The normalized spacial score (nSPS) is 10.4. The smallest absolute Gasteiger partial charge is 0.115 e. The second-order valence-corrected chi connectivity index (χ2v) is 3.01. The van der Waals surface area contributed by atoms with Crippen molar-refractivity contribution in [3.8, 4) is 0 Å². The Morgan fingerprint density at radius 1 is 1.09 bits per heavy atom. The number of benzene rings is 1. The fourth-order valence-electron chi connectivity index (χ4n) is 0.868. The van der Waals surface area contributed by atoms with Crippen molar-refractivity contribution in [1.29, 1.82) is 0 Å². The molecular formula is C10H13B. The molecule has 0 bridgehead atoms. The summed E-state index contributed by atoms with van der Waals surface area (Å²) in [4.78, 5) is 0. The first-order chi connectivity index (χ1) is 5.29. The molecule has 56 valence electrons. The summed E-state index contributed by atoms with van der Waals surface area (Å²) >= 11 is 0. The zero-order valence-corrected chi connectivity index (χ0v) is 7.12. The lowest BCUT2D eigenvalue weighted by atomic mass is 9.55. The van der Waals surface area contributed by atoms with Crippen LogP contribution in [-0.2, 0) is 0 Å². The molecule has 0 saturated carbocycles. The summed E-state index contributed by atoms with van der Waals surface area (Å²) in [5, 5.41) is 0. The molecule has 0 unspecified atom stereocenters. The number of hydrogen-bond acceptors (Lipinski definition) is 0. The molecule has 0 aromatic heterocycles. The van der Waals surface area contributed by atoms with E-state index in [9.17, 15) is 0 Å². The van der Waals surface area contributed by atoms with Crippen LogP contribution < -0.4 is 0 Å². The van der Waals surface area contributed by atoms with Gasteiger partial charge in [0.05, 0.1) is 0 Å². The van der Waals surface area contributed by atoms with Crippen molar-refractivity contribution in [1.82, 2.24) is 0 Å². The molecule has 0 aliphatic heterocycles. The predicted molar refractivity (Wildman–Crippen MR) is 53.0 cm³/mol. The van der Waals surface area contributed by atoms with Gasteiger partial charge in [-0.3, -0.25) is 0 Å². The first-order valence-electron chi connectivity index (χ1n) is 4.02. The molecule has 0 N–H and O–H groups in total. The van der Waals surface area contributed by atoms with E-state index in [1.54, 1.807) is 0 Å². The highest BCUT2D eigenvalue weighted by Gasteiger charge is 1.88. The average molecular weight is 144 g/mol. The summed E-state index contributed by atoms with van der Waals surface area (Å²) in [6.45, 7) is 4.99. The van der Waals surface area contributed by atoms with Crippen LogP contribution in [0, 0.1) is 0 Å². The molecule has 0 heterocycles. The monoisotopic (exact) mass is 144 g/mol. The molecule has 0 spiro atoms. The highest BCUT2D eigenvalue weighted by Crippen LogP contribution is 2.01. The van der Waals surface area contributed by atoms with E-state index < -0.39 is 0 Å². The van der Waals surface area contributed by atoms with Crippen LogP contribution in [0.2, 0.25) is 13.6 Å². The molecule has 0 radical (unpaired) electrons. The van der Waals surface area contributed by atoms with Gasteiger partial charge in [0.1, 0.15) is 0 Å². The third-order valence-electron chi connectivity index (χ3n) is 1.47. The highest BCUT2D eigenvalue weighted by molar-refractivity contribution is 6.62. The summed E-state index contributed by atoms with van der Waals surface area (Å²) < 4.78 is 0. The zero-order valence-electron chi connectivity index (χ0n) is 7.12. The summed E-state index contributed by atoms with van der Waals surface area (Å²) in [5.74, 6) is 2.20. The van der Waals surface area contributed by atoms with Gasteiger partial charge in [-0.1, -0.05) is 50.1 Å². The SMILES string of the molecule is CB(C)/C=C/c1ccccc1. The van der Waals surface area contributed by atoms with Gasteiger partial charge in [0.2, 0.25) is 0 Å². The Hall–Kier alpha value is -0.975. The Morgan fingerprint density at radius 2 is 1.73 bits per heavy atom. The molecule has 0 aliphatic carbocycles. The van der Waals surface area contributed by atoms with E-state index in [0.717, 1.165) is 0 Å². The molecule has 0 saturated heterocycles. The van der Waals surface area contributed by atoms with Crippen molar-refractivity contribution >= 4 is 12.8 Å². The second kappa shape index (κ2) is 4.02. The molecule has 0 amide bonds. The topological polar surface area (TPSA) is 0 Å². The largest absolute Gasteiger partial charge is 0.160 e. The number of hydrogen-bond donors (Lipinski definition) is 0. The van der Waals surface area contributed by atoms with Crippen molar-refractivity contribution in [3.63, 3.8) is 0 Å². The van der Waals surface area contributed by atoms with Crippen LogP contribution >= 0.6 is 0 Å². The summed E-state index contributed by atoms with van der Waals surface area (Å²) in [7, 11) is 0. The standard InChI is InChI=1S/C10H13B/c1-11(2)9-8-10-6-4-3-5-7-10/h3-9H,1-2H3/b9-8+. The molecule has 0 fully saturated rings. The van der Waals surface area contributed by atoms with E-state index in [0.29, 0.717) is 6.71 Å². The van der Waals surface area contributed by atoms with Crippen LogP contribution in [-0.4, -0.2) is 6.71 Å². The fraction of sp³-hybridized carbons (Fsp3) is 0.200. The molecule has 1 aromatic rings. The first-order valence-corrected chi connectivity index (χ1v) is 4.02. The van der Waals surface area contributed by atoms with Gasteiger partial charge >= 0.3 is 0 Å². The molecule has 0 nitrogen and oxygen atoms in total. The van der Waals surface area contributed by atoms with Crippen LogP contribution in [0.1, 0.15) is 5.56 Å². The van der Waals surface area contributed by atoms with Crippen LogP contribution in [0.3, 0.4) is 0 Å². The van der Waals surface area contributed by atoms with Gasteiger partial charge in [0.25, 0.3) is 0 Å². The first kappa shape index (κ1) is 8.12. The summed E-state index contributed by atoms with van der Waals surface area (Å²) in [6, 6.07) is 10.4. The van der Waals surface area contributed by atoms with Crippen molar-refractivity contribution < 1.29 is 0 Å². The fourth-order valence-corrected chi connectivity index (χ4v) is 0.868. The molecule has 1 heteroatoms. The van der Waals surface area contributed by atoms with Gasteiger partial charge in [-0.25, -0.2) is 0 Å². The summed E-state index contributed by atoms with van der Waals surface area (Å²) in [5.41, 5.74) is 1.28. The van der Waals surface area contributed by atoms with Crippen molar-refractivity contribution in [3.05, 3.63) is 41.9 Å². The van der Waals surface area contributed by atoms with Crippen molar-refractivity contribution in [2.75, 3.05) is 0 Å². The average Bonchev–Trinajstić information content (AvgIpc) is 2.03. The van der Waals surface area contributed by atoms with Crippen LogP contribution in [0.4, 0.5) is 0 Å². The Balaban J connectivity index is 2.65. The summed E-state index contributed by atoms with van der Waals surface area (Å²) in [6.07, 6.45) is 2.16. The van der Waals surface area contributed by atoms with Gasteiger partial charge in [0.15, 0.2) is 6.71 Å². The predicted octanol–water partition coefficient (Wildman–Crippen LogP) is 2.99. The minimum absolute atomic E-state index is 0.634. The third kappa shape index (κ3) is 3.08. The minimum atomic E-state index is 0.634. The lowest BCUT2D eigenvalue weighted by Gasteiger charge is -1.91. The maximum atomic E-state index is 2.20. The highest BCUT2D eigenvalue weighted by atomic mass is 13.8. The van der Waals surface area contributed by atoms with E-state index in [2.05, 4.69) is 50.0 Å². The maximum Gasteiger partial charge on any atom is 0.160 e. The van der Waals surface area contributed by atoms with Gasteiger partial charge in [-0.2, -0.15) is 0 Å². The second-order valence-electron chi connectivity index (χ2n) is 3.01. The molecule has 1 rings (SSSR count). The molecule has 0 aliphatic rings. The van der Waals surface area contributed by atoms with Gasteiger partial charge in [-0.05, 0) is 5.56 Å². The third-order valence-corrected chi connectivity index (χ3v) is 1.47. The lowest BCUT2D eigenvalue weighted by molar-refractivity contribution is 1.66. The minimum Gasteiger partial charge on any atom is -0.115 e. The molecule has 1 aromatic carbocycles. The lowest BCUT2D eigenvalue weighted by Crippen LogP contribution is -1.91. The van der Waals surface area contributed by atoms with Gasteiger partial charge < -0.3 is 0 Å². The zero-order chi connectivity index (χ0) is 8.10. The Bertz CT molecular complexity index is 224. The molecule has 11 heavy (non-hydrogen) atoms. The Labute approximate surface area is 69.0 Å². The number of rotatable bonds is 2. The maximum absolute atomic E-state index is 2.20. The van der Waals surface area contributed by atoms with Crippen LogP contribution in [0.5, 0.6) is 0 Å². The van der Waals surface area contributed by atoms with Crippen molar-refractivity contribution in [2.45, 2.75) is 13.6 Å². The van der Waals surface area contributed by atoms with Crippen LogP contribution in [0.15, 0.2) is 36.3 Å². The molecule has 0 atom stereocenters. The quantitative estimate of drug-likeness (QED) is 0.559. The Kier molecular flexibility index (Phi) is 2.97. The van der Waals surface area contributed by atoms with E-state index in [1.165, 1.54) is 5.56 Å². The Morgan fingerprint density at radius 3 is 2.27 bits per heavy atom. The van der Waals surface area contributed by atoms with E-state index >= 15 is 0 Å². The van der Waals surface area contributed by atoms with E-state index in [1.807, 2.05) is 6.07 Å². The van der Waals surface area contributed by atoms with Gasteiger partial charge in [-0.15, -0.1) is 5.98 Å². The molecular weight excluding hydrogens is 131 g/mol. The van der Waals surface area contributed by atoms with E-state index in [-0.39, 0.29) is 0 Å². The van der Waals surface area contributed by atoms with Crippen molar-refractivity contribution in [2.24, 2.45) is 0 Å². The van der Waals surface area contributed by atoms with E-state index in [4.69, 9.17) is 0 Å².